The van der Waals surface area contributed by atoms with Gasteiger partial charge in [0.1, 0.15) is 0 Å². The van der Waals surface area contributed by atoms with E-state index in [4.69, 9.17) is 5.11 Å². The molecule has 26 heavy (non-hydrogen) atoms. The van der Waals surface area contributed by atoms with Gasteiger partial charge >= 0.3 is 47.7 Å². The smallest absolute Gasteiger partial charge is 0.460 e. The molecule has 0 fully saturated rings. The van der Waals surface area contributed by atoms with Crippen molar-refractivity contribution in [2.45, 2.75) is 41.7 Å². The van der Waals surface area contributed by atoms with Crippen LogP contribution in [0.5, 0.6) is 0 Å². The molecule has 0 saturated carbocycles. The topological polar surface area (TPSA) is 37.3 Å². The molecule has 0 aromatic heterocycles. The van der Waals surface area contributed by atoms with Crippen LogP contribution in [-0.2, 0) is 4.79 Å². The summed E-state index contributed by atoms with van der Waals surface area (Å²) in [6.45, 7) is 0. The van der Waals surface area contributed by atoms with Gasteiger partial charge in [-0.05, 0) is 0 Å². The quantitative estimate of drug-likeness (QED) is 0.505. The molecule has 0 heterocycles. The Hall–Kier alpha value is -1.05. The van der Waals surface area contributed by atoms with Crippen molar-refractivity contribution in [3.8, 4) is 0 Å². The zero-order valence-corrected chi connectivity index (χ0v) is 10.5. The molecule has 0 radical (unpaired) electrons. The lowest BCUT2D eigenvalue weighted by atomic mass is 9.91. The van der Waals surface area contributed by atoms with Crippen molar-refractivity contribution in [3.05, 3.63) is 0 Å². The molecular weight excluding hydrogens is 440 g/mol. The lowest BCUT2D eigenvalue weighted by molar-refractivity contribution is -0.450. The Balaban J connectivity index is 0. The maximum Gasteiger partial charge on any atom is 0.460 e. The largest absolute Gasteiger partial charge is 0.477 e. The second-order valence-corrected chi connectivity index (χ2v) is 4.25. The fraction of sp³-hybridized carbons (Fsp3) is 0.875. The summed E-state index contributed by atoms with van der Waals surface area (Å²) in [6.07, 6.45) is -7.69. The number of carbonyl (C=O) groups is 1. The summed E-state index contributed by atoms with van der Waals surface area (Å²) in [5.74, 6) is -52.8. The number of alkyl halides is 15. The first-order chi connectivity index (χ1) is 10.4. The molecule has 18 heteroatoms. The SMILES string of the molecule is O=C(O)C(F)(F)C(F)(F)C(F)(F)C(F)(F)C(F)(F)C(F)(F)C(F)(F)F.[AlH3]. The van der Waals surface area contributed by atoms with Crippen LogP contribution in [0, 0.1) is 0 Å². The van der Waals surface area contributed by atoms with Gasteiger partial charge in [0.05, 0.1) is 0 Å². The van der Waals surface area contributed by atoms with Crippen molar-refractivity contribution in [3.63, 3.8) is 0 Å². The van der Waals surface area contributed by atoms with Crippen molar-refractivity contribution in [2.75, 3.05) is 0 Å². The van der Waals surface area contributed by atoms with Crippen molar-refractivity contribution in [2.24, 2.45) is 0 Å². The number of hydrogen-bond acceptors (Lipinski definition) is 1. The van der Waals surface area contributed by atoms with Gasteiger partial charge in [0.2, 0.25) is 0 Å². The predicted octanol–water partition coefficient (Wildman–Crippen LogP) is 3.26. The summed E-state index contributed by atoms with van der Waals surface area (Å²) in [5.41, 5.74) is 0. The van der Waals surface area contributed by atoms with E-state index in [9.17, 15) is 70.7 Å². The fourth-order valence-electron chi connectivity index (χ4n) is 1.10. The molecule has 0 bridgehead atoms. The third-order valence-corrected chi connectivity index (χ3v) is 2.60. The van der Waals surface area contributed by atoms with Crippen LogP contribution in [0.25, 0.3) is 0 Å². The molecule has 0 aliphatic carbocycles. The predicted molar refractivity (Wildman–Crippen MR) is 53.3 cm³/mol. The Morgan fingerprint density at radius 1 is 0.500 bits per heavy atom. The van der Waals surface area contributed by atoms with E-state index < -0.39 is 47.7 Å². The Morgan fingerprint density at radius 2 is 0.731 bits per heavy atom. The molecule has 0 saturated heterocycles. The highest BCUT2D eigenvalue weighted by Gasteiger charge is 2.94. The van der Waals surface area contributed by atoms with E-state index in [1.54, 1.807) is 0 Å². The Morgan fingerprint density at radius 3 is 0.962 bits per heavy atom. The summed E-state index contributed by atoms with van der Waals surface area (Å²) in [6, 6.07) is 0. The van der Waals surface area contributed by atoms with Gasteiger partial charge in [-0.25, -0.2) is 4.79 Å². The second kappa shape index (κ2) is 6.53. The molecule has 1 N–H and O–H groups in total. The summed E-state index contributed by atoms with van der Waals surface area (Å²) in [4.78, 5) is 9.72. The van der Waals surface area contributed by atoms with Crippen LogP contribution in [0.2, 0.25) is 0 Å². The van der Waals surface area contributed by atoms with E-state index in [0.29, 0.717) is 0 Å². The van der Waals surface area contributed by atoms with Gasteiger partial charge in [-0.2, -0.15) is 65.9 Å². The summed E-state index contributed by atoms with van der Waals surface area (Å²) >= 11 is 0. The molecule has 0 aromatic carbocycles. The number of carboxylic acids is 1. The van der Waals surface area contributed by atoms with Crippen LogP contribution in [0.1, 0.15) is 0 Å². The number of rotatable bonds is 6. The van der Waals surface area contributed by atoms with Gasteiger partial charge < -0.3 is 5.11 Å². The normalized spacial score (nSPS) is 15.5. The van der Waals surface area contributed by atoms with Gasteiger partial charge in [-0.1, -0.05) is 0 Å². The molecule has 0 aromatic rings. The van der Waals surface area contributed by atoms with E-state index >= 15 is 0 Å². The monoisotopic (exact) mass is 444 g/mol. The second-order valence-electron chi connectivity index (χ2n) is 4.25. The zero-order valence-electron chi connectivity index (χ0n) is 10.5. The van der Waals surface area contributed by atoms with Crippen LogP contribution >= 0.6 is 0 Å². The van der Waals surface area contributed by atoms with E-state index in [1.807, 2.05) is 0 Å². The zero-order chi connectivity index (χ0) is 21.1. The maximum atomic E-state index is 12.8. The van der Waals surface area contributed by atoms with Gasteiger partial charge in [0, 0.05) is 0 Å². The van der Waals surface area contributed by atoms with E-state index in [-0.39, 0.29) is 17.4 Å². The molecule has 0 spiro atoms. The third-order valence-electron chi connectivity index (χ3n) is 2.60. The standard InChI is InChI=1S/C8HF15O2.Al.3H/c9-2(10,1(24)25)3(11,12)4(13,14)5(15,16)6(17,18)7(19,20)8(21,22)23;;;;/h(H,24,25);;;;. The van der Waals surface area contributed by atoms with Gasteiger partial charge in [-0.3, -0.25) is 0 Å². The summed E-state index contributed by atoms with van der Waals surface area (Å²) in [5, 5.41) is 7.57. The minimum absolute atomic E-state index is 0. The lowest BCUT2D eigenvalue weighted by Crippen LogP contribution is -2.73. The molecule has 0 rings (SSSR count). The number of carboxylic acid groups (broad SMARTS) is 1. The molecule has 2 nitrogen and oxygen atoms in total. The number of aliphatic carboxylic acids is 1. The number of hydrogen-bond donors (Lipinski definition) is 1. The molecule has 0 atom stereocenters. The molecule has 0 aliphatic rings. The van der Waals surface area contributed by atoms with Crippen molar-refractivity contribution < 1.29 is 75.8 Å². The van der Waals surface area contributed by atoms with Crippen LogP contribution in [0.4, 0.5) is 65.9 Å². The molecule has 0 aliphatic heterocycles. The van der Waals surface area contributed by atoms with Gasteiger partial charge in [0.25, 0.3) is 0 Å². The van der Waals surface area contributed by atoms with E-state index in [1.165, 1.54) is 0 Å². The first kappa shape index (κ1) is 27.2. The third kappa shape index (κ3) is 3.18. The van der Waals surface area contributed by atoms with Crippen LogP contribution in [-0.4, -0.2) is 70.1 Å². The summed E-state index contributed by atoms with van der Waals surface area (Å²) < 4.78 is 187. The molecular formula is C8H4AlF15O2. The highest BCUT2D eigenvalue weighted by Crippen LogP contribution is 2.62. The van der Waals surface area contributed by atoms with E-state index in [2.05, 4.69) is 0 Å². The first-order valence-electron chi connectivity index (χ1n) is 5.01. The Bertz CT molecular complexity index is 536. The van der Waals surface area contributed by atoms with E-state index in [0.717, 1.165) is 0 Å². The lowest BCUT2D eigenvalue weighted by Gasteiger charge is -2.40. The number of halogens is 15. The van der Waals surface area contributed by atoms with Crippen LogP contribution < -0.4 is 0 Å². The fourth-order valence-corrected chi connectivity index (χ4v) is 1.10. The van der Waals surface area contributed by atoms with Crippen molar-refractivity contribution in [1.29, 1.82) is 0 Å². The highest BCUT2D eigenvalue weighted by molar-refractivity contribution is 5.77. The van der Waals surface area contributed by atoms with Gasteiger partial charge in [0.15, 0.2) is 17.4 Å². The van der Waals surface area contributed by atoms with Gasteiger partial charge in [-0.15, -0.1) is 0 Å². The first-order valence-corrected chi connectivity index (χ1v) is 5.01. The minimum atomic E-state index is -8.47. The van der Waals surface area contributed by atoms with Crippen LogP contribution in [0.15, 0.2) is 0 Å². The van der Waals surface area contributed by atoms with Crippen molar-refractivity contribution in [1.82, 2.24) is 0 Å². The Kier molecular flexibility index (Phi) is 6.83. The highest BCUT2D eigenvalue weighted by atomic mass is 27.0. The molecule has 0 amide bonds. The maximum absolute atomic E-state index is 12.8. The molecule has 156 valence electrons. The molecule has 0 unspecified atom stereocenters. The van der Waals surface area contributed by atoms with Crippen LogP contribution in [0.3, 0.4) is 0 Å². The van der Waals surface area contributed by atoms with Crippen molar-refractivity contribution >= 4 is 23.3 Å². The Labute approximate surface area is 142 Å². The average Bonchev–Trinajstić information content (AvgIpc) is 2.35. The average molecular weight is 444 g/mol. The summed E-state index contributed by atoms with van der Waals surface area (Å²) in [7, 11) is 0. The minimum Gasteiger partial charge on any atom is -0.477 e.